The number of nitrogens with one attached hydrogen (secondary N) is 1. The molecular weight excluding hydrogens is 359 g/mol. The first-order chi connectivity index (χ1) is 13.2. The minimum atomic E-state index is -0.251. The molecule has 0 radical (unpaired) electrons. The average molecular weight is 378 g/mol. The second-order valence-electron chi connectivity index (χ2n) is 6.53. The molecule has 1 aliphatic rings. The van der Waals surface area contributed by atoms with E-state index < -0.39 is 0 Å². The Morgan fingerprint density at radius 3 is 2.78 bits per heavy atom. The number of halogens is 1. The molecule has 3 aromatic rings. The fraction of sp³-hybridized carbons (Fsp3) is 0.182. The Hall–Kier alpha value is -2.66. The van der Waals surface area contributed by atoms with Gasteiger partial charge in [-0.2, -0.15) is 0 Å². The van der Waals surface area contributed by atoms with Crippen LogP contribution in [0.25, 0.3) is 0 Å². The van der Waals surface area contributed by atoms with Gasteiger partial charge in [-0.1, -0.05) is 36.4 Å². The van der Waals surface area contributed by atoms with Crippen molar-refractivity contribution in [2.45, 2.75) is 29.7 Å². The van der Waals surface area contributed by atoms with Crippen LogP contribution in [0, 0.1) is 5.82 Å². The monoisotopic (exact) mass is 378 g/mol. The number of carbonyl (C=O) groups is 1. The predicted molar refractivity (Wildman–Crippen MR) is 105 cm³/mol. The zero-order valence-electron chi connectivity index (χ0n) is 14.7. The van der Waals surface area contributed by atoms with E-state index in [4.69, 9.17) is 0 Å². The number of thioether (sulfide) groups is 1. The van der Waals surface area contributed by atoms with E-state index in [1.54, 1.807) is 30.5 Å². The summed E-state index contributed by atoms with van der Waals surface area (Å²) in [6, 6.07) is 18.3. The number of hydrogen-bond donors (Lipinski definition) is 1. The smallest absolute Gasteiger partial charge is 0.254 e. The Morgan fingerprint density at radius 2 is 1.93 bits per heavy atom. The van der Waals surface area contributed by atoms with Gasteiger partial charge in [-0.25, -0.2) is 9.37 Å². The topological polar surface area (TPSA) is 42.0 Å². The number of rotatable bonds is 5. The molecular formula is C22H19FN2OS. The first kappa shape index (κ1) is 17.7. The number of carbonyl (C=O) groups excluding carboxylic acids is 1. The van der Waals surface area contributed by atoms with Crippen LogP contribution in [0.2, 0.25) is 0 Å². The zero-order chi connectivity index (χ0) is 18.6. The van der Waals surface area contributed by atoms with Crippen molar-refractivity contribution in [2.75, 3.05) is 0 Å². The van der Waals surface area contributed by atoms with E-state index in [1.165, 1.54) is 35.0 Å². The molecule has 1 aliphatic carbocycles. The fourth-order valence-corrected chi connectivity index (χ4v) is 4.30. The molecule has 1 amide bonds. The quantitative estimate of drug-likeness (QED) is 0.640. The number of benzene rings is 2. The number of amides is 1. The molecule has 0 saturated heterocycles. The van der Waals surface area contributed by atoms with Crippen LogP contribution in [0.4, 0.5) is 4.39 Å². The summed E-state index contributed by atoms with van der Waals surface area (Å²) in [5.74, 6) is 0.272. The lowest BCUT2D eigenvalue weighted by Gasteiger charge is -2.15. The highest BCUT2D eigenvalue weighted by Crippen LogP contribution is 2.31. The molecule has 3 nitrogen and oxygen atoms in total. The van der Waals surface area contributed by atoms with E-state index in [9.17, 15) is 9.18 Å². The van der Waals surface area contributed by atoms with E-state index in [0.29, 0.717) is 16.3 Å². The molecule has 2 aromatic carbocycles. The van der Waals surface area contributed by atoms with Gasteiger partial charge < -0.3 is 5.32 Å². The zero-order valence-corrected chi connectivity index (χ0v) is 15.5. The van der Waals surface area contributed by atoms with Gasteiger partial charge in [0.15, 0.2) is 0 Å². The molecule has 1 N–H and O–H groups in total. The second-order valence-corrected chi connectivity index (χ2v) is 7.50. The molecule has 0 fully saturated rings. The normalized spacial score (nSPS) is 15.4. The summed E-state index contributed by atoms with van der Waals surface area (Å²) in [7, 11) is 0. The van der Waals surface area contributed by atoms with Gasteiger partial charge >= 0.3 is 0 Å². The van der Waals surface area contributed by atoms with Gasteiger partial charge in [0.05, 0.1) is 11.6 Å². The molecule has 136 valence electrons. The highest BCUT2D eigenvalue weighted by atomic mass is 32.2. The van der Waals surface area contributed by atoms with Crippen LogP contribution in [0.5, 0.6) is 0 Å². The van der Waals surface area contributed by atoms with Gasteiger partial charge in [-0.15, -0.1) is 11.8 Å². The number of fused-ring (bicyclic) bond motifs is 1. The Balaban J connectivity index is 1.47. The fourth-order valence-electron chi connectivity index (χ4n) is 3.35. The van der Waals surface area contributed by atoms with Gasteiger partial charge in [0, 0.05) is 11.9 Å². The summed E-state index contributed by atoms with van der Waals surface area (Å²) in [6.45, 7) is 0. The highest BCUT2D eigenvalue weighted by Gasteiger charge is 2.24. The molecule has 0 spiro atoms. The second kappa shape index (κ2) is 7.92. The summed E-state index contributed by atoms with van der Waals surface area (Å²) >= 11 is 1.48. The van der Waals surface area contributed by atoms with Gasteiger partial charge in [-0.3, -0.25) is 4.79 Å². The van der Waals surface area contributed by atoms with Crippen LogP contribution >= 0.6 is 11.8 Å². The maximum atomic E-state index is 13.0. The van der Waals surface area contributed by atoms with Gasteiger partial charge in [-0.05, 0) is 53.8 Å². The largest absolute Gasteiger partial charge is 0.345 e. The van der Waals surface area contributed by atoms with Crippen molar-refractivity contribution < 1.29 is 9.18 Å². The van der Waals surface area contributed by atoms with Crippen LogP contribution in [0.1, 0.15) is 39.5 Å². The minimum Gasteiger partial charge on any atom is -0.345 e. The summed E-state index contributed by atoms with van der Waals surface area (Å²) in [4.78, 5) is 17.3. The third-order valence-electron chi connectivity index (χ3n) is 4.74. The average Bonchev–Trinajstić information content (AvgIpc) is 3.11. The molecule has 27 heavy (non-hydrogen) atoms. The summed E-state index contributed by atoms with van der Waals surface area (Å²) in [6.07, 6.45) is 3.60. The lowest BCUT2D eigenvalue weighted by atomic mass is 10.1. The van der Waals surface area contributed by atoms with Crippen LogP contribution in [0.3, 0.4) is 0 Å². The van der Waals surface area contributed by atoms with Gasteiger partial charge in [0.25, 0.3) is 5.91 Å². The number of nitrogens with zero attached hydrogens (tertiary/aromatic N) is 1. The lowest BCUT2D eigenvalue weighted by molar-refractivity contribution is 0.0933. The molecule has 0 bridgehead atoms. The van der Waals surface area contributed by atoms with E-state index in [2.05, 4.69) is 22.4 Å². The van der Waals surface area contributed by atoms with E-state index in [0.717, 1.165) is 18.4 Å². The van der Waals surface area contributed by atoms with Crippen LogP contribution < -0.4 is 5.32 Å². The Labute approximate surface area is 162 Å². The third kappa shape index (κ3) is 4.03. The predicted octanol–water partition coefficient (Wildman–Crippen LogP) is 4.93. The Bertz CT molecular complexity index is 959. The summed E-state index contributed by atoms with van der Waals surface area (Å²) in [5, 5.41) is 3.84. The molecule has 1 atom stereocenters. The molecule has 0 saturated carbocycles. The number of aromatic nitrogens is 1. The first-order valence-electron chi connectivity index (χ1n) is 8.91. The van der Waals surface area contributed by atoms with Crippen molar-refractivity contribution in [1.29, 1.82) is 0 Å². The van der Waals surface area contributed by atoms with Crippen molar-refractivity contribution in [3.05, 3.63) is 94.9 Å². The first-order valence-corrected chi connectivity index (χ1v) is 9.90. The van der Waals surface area contributed by atoms with E-state index >= 15 is 0 Å². The maximum absolute atomic E-state index is 13.0. The summed E-state index contributed by atoms with van der Waals surface area (Å²) in [5.41, 5.74) is 4.08. The van der Waals surface area contributed by atoms with Crippen molar-refractivity contribution in [2.24, 2.45) is 0 Å². The van der Waals surface area contributed by atoms with Gasteiger partial charge in [0.2, 0.25) is 0 Å². The lowest BCUT2D eigenvalue weighted by Crippen LogP contribution is -2.27. The van der Waals surface area contributed by atoms with Crippen LogP contribution in [-0.2, 0) is 12.2 Å². The third-order valence-corrected chi connectivity index (χ3v) is 5.82. The van der Waals surface area contributed by atoms with E-state index in [-0.39, 0.29) is 17.8 Å². The number of hydrogen-bond acceptors (Lipinski definition) is 3. The summed E-state index contributed by atoms with van der Waals surface area (Å²) < 4.78 is 13.0. The molecule has 5 heteroatoms. The molecule has 4 rings (SSSR count). The SMILES string of the molecule is O=C(N[C@H]1CCc2ccccc21)c1cccnc1SCc1ccc(F)cc1. The Morgan fingerprint density at radius 1 is 1.11 bits per heavy atom. The number of aryl methyl sites for hydroxylation is 1. The van der Waals surface area contributed by atoms with E-state index in [1.807, 2.05) is 12.1 Å². The van der Waals surface area contributed by atoms with Crippen molar-refractivity contribution in [3.63, 3.8) is 0 Å². The van der Waals surface area contributed by atoms with Crippen LogP contribution in [-0.4, -0.2) is 10.9 Å². The maximum Gasteiger partial charge on any atom is 0.254 e. The van der Waals surface area contributed by atoms with Crippen molar-refractivity contribution in [1.82, 2.24) is 10.3 Å². The molecule has 0 aliphatic heterocycles. The van der Waals surface area contributed by atoms with Gasteiger partial charge in [0.1, 0.15) is 10.8 Å². The Kier molecular flexibility index (Phi) is 5.21. The minimum absolute atomic E-state index is 0.0452. The standard InChI is InChI=1S/C22H19FN2OS/c23-17-10-7-15(8-11-17)14-27-22-19(6-3-13-24-22)21(26)25-20-12-9-16-4-1-2-5-18(16)20/h1-8,10-11,13,20H,9,12,14H2,(H,25,26)/t20-/m0/s1. The van der Waals surface area contributed by atoms with Crippen molar-refractivity contribution >= 4 is 17.7 Å². The highest BCUT2D eigenvalue weighted by molar-refractivity contribution is 7.98. The van der Waals surface area contributed by atoms with Crippen LogP contribution in [0.15, 0.2) is 71.9 Å². The molecule has 1 heterocycles. The van der Waals surface area contributed by atoms with Crippen molar-refractivity contribution in [3.8, 4) is 0 Å². The number of pyridine rings is 1. The molecule has 0 unspecified atom stereocenters. The molecule has 1 aromatic heterocycles.